The van der Waals surface area contributed by atoms with Crippen LogP contribution in [0.15, 0.2) is 126 Å². The van der Waals surface area contributed by atoms with Gasteiger partial charge < -0.3 is 0 Å². The van der Waals surface area contributed by atoms with Crippen LogP contribution in [0.5, 0.6) is 0 Å². The number of nitrogens with zero attached hydrogens (tertiary/aromatic N) is 1. The Morgan fingerprint density at radius 1 is 0.439 bits per heavy atom. The van der Waals surface area contributed by atoms with Crippen LogP contribution >= 0.6 is 0 Å². The second-order valence-electron chi connectivity index (χ2n) is 9.11. The van der Waals surface area contributed by atoms with E-state index in [2.05, 4.69) is 115 Å². The third-order valence-electron chi connectivity index (χ3n) is 7.29. The molecule has 0 unspecified atom stereocenters. The van der Waals surface area contributed by atoms with E-state index in [1.165, 1.54) is 50.1 Å². The molecule has 0 fully saturated rings. The zero-order valence-corrected chi connectivity index (χ0v) is 26.1. The van der Waals surface area contributed by atoms with E-state index in [9.17, 15) is 0 Å². The number of aryl methyl sites for hydroxylation is 1. The van der Waals surface area contributed by atoms with Crippen LogP contribution in [0.1, 0.15) is 76.3 Å². The zero-order chi connectivity index (χ0) is 29.8. The highest BCUT2D eigenvalue weighted by atomic mass is 14.7. The lowest BCUT2D eigenvalue weighted by atomic mass is 9.70. The SMILES string of the molecule is CC.CC.CC.CC=Nc1ccccc1C.c1ccc2c(c1)-c1ccccc1C21c2ccccc2-c2ccccc21. The lowest BCUT2D eigenvalue weighted by Crippen LogP contribution is -2.25. The van der Waals surface area contributed by atoms with Crippen LogP contribution in [0.3, 0.4) is 0 Å². The first kappa shape index (κ1) is 31.3. The molecule has 0 atom stereocenters. The van der Waals surface area contributed by atoms with Gasteiger partial charge in [-0.25, -0.2) is 0 Å². The van der Waals surface area contributed by atoms with Gasteiger partial charge in [0.1, 0.15) is 0 Å². The summed E-state index contributed by atoms with van der Waals surface area (Å²) in [6, 6.07) is 43.7. The van der Waals surface area contributed by atoms with E-state index < -0.39 is 0 Å². The van der Waals surface area contributed by atoms with Crippen molar-refractivity contribution in [2.24, 2.45) is 4.99 Å². The molecule has 0 N–H and O–H groups in total. The minimum atomic E-state index is -0.180. The topological polar surface area (TPSA) is 12.4 Å². The minimum Gasteiger partial charge on any atom is -0.261 e. The van der Waals surface area contributed by atoms with Crippen molar-refractivity contribution in [2.45, 2.75) is 60.8 Å². The smallest absolute Gasteiger partial charge is 0.0725 e. The van der Waals surface area contributed by atoms with E-state index in [1.807, 2.05) is 72.9 Å². The Morgan fingerprint density at radius 3 is 1.05 bits per heavy atom. The fraction of sp³-hybridized carbons (Fsp3) is 0.225. The summed E-state index contributed by atoms with van der Waals surface area (Å²) in [6.07, 6.45) is 1.81. The molecule has 5 aromatic rings. The van der Waals surface area contributed by atoms with Crippen LogP contribution in [-0.2, 0) is 5.41 Å². The molecule has 0 amide bonds. The average Bonchev–Trinajstić information content (AvgIpc) is 3.53. The molecule has 1 nitrogen and oxygen atoms in total. The Bertz CT molecular complexity index is 1390. The van der Waals surface area contributed by atoms with Gasteiger partial charge in [-0.3, -0.25) is 4.99 Å². The highest BCUT2D eigenvalue weighted by Gasteiger charge is 2.51. The number of fused-ring (bicyclic) bond motifs is 10. The molecule has 5 aromatic carbocycles. The summed E-state index contributed by atoms with van der Waals surface area (Å²) in [5, 5.41) is 0. The normalized spacial score (nSPS) is 12.0. The Hall–Kier alpha value is -4.23. The van der Waals surface area contributed by atoms with E-state index in [0.717, 1.165) is 5.69 Å². The van der Waals surface area contributed by atoms with Crippen LogP contribution in [0, 0.1) is 6.92 Å². The fourth-order valence-electron chi connectivity index (χ4n) is 5.90. The third kappa shape index (κ3) is 5.55. The second kappa shape index (κ2) is 15.0. The Labute approximate surface area is 248 Å². The van der Waals surface area contributed by atoms with Gasteiger partial charge in [0.2, 0.25) is 0 Å². The van der Waals surface area contributed by atoms with Crippen molar-refractivity contribution in [3.8, 4) is 22.3 Å². The molecule has 0 aliphatic heterocycles. The highest BCUT2D eigenvalue weighted by Crippen LogP contribution is 2.62. The maximum atomic E-state index is 4.18. The second-order valence-corrected chi connectivity index (χ2v) is 9.11. The van der Waals surface area contributed by atoms with Gasteiger partial charge in [-0.05, 0) is 70.0 Å². The molecule has 0 saturated carbocycles. The van der Waals surface area contributed by atoms with E-state index >= 15 is 0 Å². The zero-order valence-electron chi connectivity index (χ0n) is 26.1. The van der Waals surface area contributed by atoms with Crippen molar-refractivity contribution in [1.82, 2.24) is 0 Å². The first-order valence-electron chi connectivity index (χ1n) is 15.2. The lowest BCUT2D eigenvalue weighted by Gasteiger charge is -2.30. The van der Waals surface area contributed by atoms with Crippen molar-refractivity contribution in [1.29, 1.82) is 0 Å². The van der Waals surface area contributed by atoms with Gasteiger partial charge in [-0.1, -0.05) is 157 Å². The van der Waals surface area contributed by atoms with E-state index in [4.69, 9.17) is 0 Å². The summed E-state index contributed by atoms with van der Waals surface area (Å²) in [4.78, 5) is 4.18. The molecule has 1 heteroatoms. The number of hydrogen-bond donors (Lipinski definition) is 0. The van der Waals surface area contributed by atoms with Crippen LogP contribution in [-0.4, -0.2) is 6.21 Å². The quantitative estimate of drug-likeness (QED) is 0.184. The number of hydrogen-bond acceptors (Lipinski definition) is 1. The van der Waals surface area contributed by atoms with Crippen LogP contribution in [0.4, 0.5) is 5.69 Å². The van der Waals surface area contributed by atoms with Gasteiger partial charge in [-0.2, -0.15) is 0 Å². The summed E-state index contributed by atoms with van der Waals surface area (Å²) < 4.78 is 0. The fourth-order valence-corrected chi connectivity index (χ4v) is 5.90. The van der Waals surface area contributed by atoms with Gasteiger partial charge in [0.05, 0.1) is 11.1 Å². The van der Waals surface area contributed by atoms with Crippen molar-refractivity contribution in [3.05, 3.63) is 149 Å². The largest absolute Gasteiger partial charge is 0.261 e. The Kier molecular flexibility index (Phi) is 11.4. The summed E-state index contributed by atoms with van der Waals surface area (Å²) >= 11 is 0. The number of benzene rings is 5. The summed E-state index contributed by atoms with van der Waals surface area (Å²) in [6.45, 7) is 16.0. The number of aliphatic imine (C=N–C) groups is 1. The molecular weight excluding hydrogens is 494 g/mol. The molecule has 0 heterocycles. The van der Waals surface area contributed by atoms with Crippen LogP contribution in [0.2, 0.25) is 0 Å². The molecule has 7 rings (SSSR count). The third-order valence-corrected chi connectivity index (χ3v) is 7.29. The number of para-hydroxylation sites is 1. The Morgan fingerprint density at radius 2 is 0.732 bits per heavy atom. The van der Waals surface area contributed by atoms with Gasteiger partial charge in [0, 0.05) is 6.21 Å². The highest BCUT2D eigenvalue weighted by molar-refractivity contribution is 5.94. The average molecular weight is 540 g/mol. The lowest BCUT2D eigenvalue weighted by molar-refractivity contribution is 0.794. The van der Waals surface area contributed by atoms with Crippen LogP contribution < -0.4 is 0 Å². The standard InChI is InChI=1S/C25H16.C9H11N.3C2H6/c1-5-13-21-17(9-1)18-10-2-6-14-22(18)25(21)23-15-7-3-11-19(23)20-12-4-8-16-24(20)25;1-3-10-9-7-5-4-6-8(9)2;3*1-2/h1-16H;3-7H,1-2H3;3*1-2H3. The Balaban J connectivity index is 0.000000245. The van der Waals surface area contributed by atoms with Gasteiger partial charge in [-0.15, -0.1) is 0 Å². The molecule has 0 bridgehead atoms. The maximum absolute atomic E-state index is 4.18. The first-order chi connectivity index (χ1) is 20.3. The molecule has 0 radical (unpaired) electrons. The molecule has 41 heavy (non-hydrogen) atoms. The molecular formula is C40H45N. The molecule has 210 valence electrons. The van der Waals surface area contributed by atoms with Crippen molar-refractivity contribution < 1.29 is 0 Å². The van der Waals surface area contributed by atoms with E-state index in [-0.39, 0.29) is 5.41 Å². The molecule has 0 saturated heterocycles. The van der Waals surface area contributed by atoms with Gasteiger partial charge in [0.15, 0.2) is 0 Å². The van der Waals surface area contributed by atoms with Crippen molar-refractivity contribution in [2.75, 3.05) is 0 Å². The predicted molar refractivity (Wildman–Crippen MR) is 182 cm³/mol. The summed E-state index contributed by atoms with van der Waals surface area (Å²) in [5.74, 6) is 0. The maximum Gasteiger partial charge on any atom is 0.0725 e. The first-order valence-corrected chi connectivity index (χ1v) is 15.2. The predicted octanol–water partition coefficient (Wildman–Crippen LogP) is 11.8. The molecule has 2 aliphatic rings. The molecule has 1 spiro atoms. The number of rotatable bonds is 1. The van der Waals surface area contributed by atoms with Crippen molar-refractivity contribution >= 4 is 11.9 Å². The van der Waals surface area contributed by atoms with E-state index in [0.29, 0.717) is 0 Å². The van der Waals surface area contributed by atoms with Crippen LogP contribution in [0.25, 0.3) is 22.3 Å². The minimum absolute atomic E-state index is 0.180. The molecule has 0 aromatic heterocycles. The van der Waals surface area contributed by atoms with Crippen molar-refractivity contribution in [3.63, 3.8) is 0 Å². The molecule has 2 aliphatic carbocycles. The van der Waals surface area contributed by atoms with Gasteiger partial charge >= 0.3 is 0 Å². The monoisotopic (exact) mass is 539 g/mol. The van der Waals surface area contributed by atoms with E-state index in [1.54, 1.807) is 0 Å². The van der Waals surface area contributed by atoms with Gasteiger partial charge in [0.25, 0.3) is 0 Å². The summed E-state index contributed by atoms with van der Waals surface area (Å²) in [7, 11) is 0. The summed E-state index contributed by atoms with van der Waals surface area (Å²) in [5.41, 5.74) is 13.2.